The molecule has 4 aromatic rings. The van der Waals surface area contributed by atoms with Crippen LogP contribution in [0.15, 0.2) is 47.3 Å². The Morgan fingerprint density at radius 1 is 1.08 bits per heavy atom. The van der Waals surface area contributed by atoms with E-state index in [2.05, 4.69) is 25.2 Å². The monoisotopic (exact) mass is 352 g/mol. The molecule has 2 aromatic carbocycles. The molecule has 0 saturated heterocycles. The maximum Gasteiger partial charge on any atom is 0.277 e. The van der Waals surface area contributed by atoms with Crippen LogP contribution in [0, 0.1) is 0 Å². The highest BCUT2D eigenvalue weighted by Crippen LogP contribution is 2.19. The van der Waals surface area contributed by atoms with Crippen molar-refractivity contribution >= 4 is 38.6 Å². The molecule has 0 fully saturated rings. The van der Waals surface area contributed by atoms with Gasteiger partial charge in [-0.2, -0.15) is 0 Å². The first-order valence-corrected chi connectivity index (χ1v) is 8.33. The number of fused-ring (bicyclic) bond motifs is 2. The molecule has 0 aliphatic carbocycles. The number of hydrogen-bond acceptors (Lipinski definition) is 7. The van der Waals surface area contributed by atoms with E-state index in [9.17, 15) is 9.59 Å². The van der Waals surface area contributed by atoms with E-state index < -0.39 is 0 Å². The van der Waals surface area contributed by atoms with Gasteiger partial charge in [0.1, 0.15) is 11.0 Å². The van der Waals surface area contributed by atoms with E-state index in [4.69, 9.17) is 0 Å². The van der Waals surface area contributed by atoms with Crippen LogP contribution in [-0.2, 0) is 6.54 Å². The average Bonchev–Trinajstić information content (AvgIpc) is 3.12. The minimum absolute atomic E-state index is 0.228. The molecule has 0 atom stereocenters. The summed E-state index contributed by atoms with van der Waals surface area (Å²) in [5.74, 6) is -0.238. The highest BCUT2D eigenvalue weighted by Gasteiger charge is 2.12. The van der Waals surface area contributed by atoms with E-state index in [1.165, 1.54) is 16.2 Å². The van der Waals surface area contributed by atoms with Gasteiger partial charge in [-0.1, -0.05) is 27.9 Å². The summed E-state index contributed by atoms with van der Waals surface area (Å²) in [7, 11) is 0. The maximum absolute atomic E-state index is 12.4. The summed E-state index contributed by atoms with van der Waals surface area (Å²) < 4.78 is 5.85. The minimum Gasteiger partial charge on any atom is -0.350 e. The van der Waals surface area contributed by atoms with Gasteiger partial charge in [-0.15, -0.1) is 10.2 Å². The van der Waals surface area contributed by atoms with Crippen LogP contribution in [-0.4, -0.2) is 37.0 Å². The third-order valence-electron chi connectivity index (χ3n) is 3.76. The van der Waals surface area contributed by atoms with Crippen molar-refractivity contribution in [1.82, 2.24) is 29.9 Å². The van der Waals surface area contributed by atoms with E-state index in [1.807, 2.05) is 0 Å². The van der Waals surface area contributed by atoms with Gasteiger partial charge in [-0.25, -0.2) is 4.68 Å². The fourth-order valence-corrected chi connectivity index (χ4v) is 3.20. The Morgan fingerprint density at radius 3 is 2.84 bits per heavy atom. The summed E-state index contributed by atoms with van der Waals surface area (Å²) in [5.41, 5.74) is 1.53. The molecule has 0 spiro atoms. The number of amides is 1. The summed E-state index contributed by atoms with van der Waals surface area (Å²) in [6, 6.07) is 12.3. The molecule has 8 nitrogen and oxygen atoms in total. The molecule has 9 heteroatoms. The Hall–Kier alpha value is -3.20. The topological polar surface area (TPSA) is 103 Å². The van der Waals surface area contributed by atoms with Gasteiger partial charge in [0.05, 0.1) is 22.2 Å². The lowest BCUT2D eigenvalue weighted by Gasteiger charge is -2.07. The van der Waals surface area contributed by atoms with Crippen molar-refractivity contribution in [3.8, 4) is 0 Å². The number of nitrogens with one attached hydrogen (secondary N) is 1. The Kier molecular flexibility index (Phi) is 3.90. The van der Waals surface area contributed by atoms with Crippen molar-refractivity contribution in [2.45, 2.75) is 6.54 Å². The lowest BCUT2D eigenvalue weighted by atomic mass is 10.2. The van der Waals surface area contributed by atoms with Crippen molar-refractivity contribution < 1.29 is 4.79 Å². The van der Waals surface area contributed by atoms with Gasteiger partial charge >= 0.3 is 0 Å². The average molecular weight is 352 g/mol. The maximum atomic E-state index is 12.4. The van der Waals surface area contributed by atoms with E-state index in [-0.39, 0.29) is 24.6 Å². The zero-order valence-corrected chi connectivity index (χ0v) is 13.7. The second kappa shape index (κ2) is 6.36. The molecule has 0 aliphatic heterocycles. The first-order chi connectivity index (χ1) is 12.2. The molecule has 0 aliphatic rings. The van der Waals surface area contributed by atoms with Crippen LogP contribution < -0.4 is 10.9 Å². The van der Waals surface area contributed by atoms with Gasteiger partial charge in [0.15, 0.2) is 0 Å². The van der Waals surface area contributed by atoms with Crippen LogP contribution in [0.1, 0.15) is 10.4 Å². The molecular formula is C16H12N6O2S. The second-order valence-corrected chi connectivity index (χ2v) is 6.07. The zero-order valence-electron chi connectivity index (χ0n) is 12.9. The smallest absolute Gasteiger partial charge is 0.277 e. The van der Waals surface area contributed by atoms with E-state index in [0.29, 0.717) is 22.0 Å². The Morgan fingerprint density at radius 2 is 1.92 bits per heavy atom. The standard InChI is InChI=1S/C16H12N6O2S/c23-15(11-5-3-7-13-14(11)25-21-19-13)17-8-9-22-16(24)10-4-1-2-6-12(10)18-20-22/h1-7H,8-9H2,(H,17,23). The van der Waals surface area contributed by atoms with E-state index in [0.717, 1.165) is 4.70 Å². The lowest BCUT2D eigenvalue weighted by Crippen LogP contribution is -2.32. The van der Waals surface area contributed by atoms with Crippen LogP contribution in [0.3, 0.4) is 0 Å². The quantitative estimate of drug-likeness (QED) is 0.592. The first-order valence-electron chi connectivity index (χ1n) is 7.56. The fourth-order valence-electron chi connectivity index (χ4n) is 2.52. The van der Waals surface area contributed by atoms with Crippen molar-refractivity contribution in [3.63, 3.8) is 0 Å². The summed E-state index contributed by atoms with van der Waals surface area (Å²) in [5, 5.41) is 15.2. The summed E-state index contributed by atoms with van der Waals surface area (Å²) >= 11 is 1.18. The Balaban J connectivity index is 1.49. The Bertz CT molecular complexity index is 1140. The van der Waals surface area contributed by atoms with Crippen molar-refractivity contribution in [2.75, 3.05) is 6.54 Å². The van der Waals surface area contributed by atoms with Gasteiger partial charge in [0.25, 0.3) is 11.5 Å². The van der Waals surface area contributed by atoms with E-state index in [1.54, 1.807) is 42.5 Å². The van der Waals surface area contributed by atoms with Crippen molar-refractivity contribution in [2.24, 2.45) is 0 Å². The first kappa shape index (κ1) is 15.3. The highest BCUT2D eigenvalue weighted by atomic mass is 32.1. The molecule has 2 heterocycles. The van der Waals surface area contributed by atoms with Crippen LogP contribution in [0.5, 0.6) is 0 Å². The van der Waals surface area contributed by atoms with Crippen molar-refractivity contribution in [3.05, 3.63) is 58.4 Å². The van der Waals surface area contributed by atoms with Gasteiger partial charge in [-0.3, -0.25) is 9.59 Å². The SMILES string of the molecule is O=C(NCCn1nnc2ccccc2c1=O)c1cccc2nnsc12. The van der Waals surface area contributed by atoms with E-state index >= 15 is 0 Å². The third kappa shape index (κ3) is 2.85. The summed E-state index contributed by atoms with van der Waals surface area (Å²) in [4.78, 5) is 24.7. The molecular weight excluding hydrogens is 340 g/mol. The summed E-state index contributed by atoms with van der Waals surface area (Å²) in [6.07, 6.45) is 0. The number of hydrogen-bond donors (Lipinski definition) is 1. The van der Waals surface area contributed by atoms with Gasteiger partial charge < -0.3 is 5.32 Å². The summed E-state index contributed by atoms with van der Waals surface area (Å²) in [6.45, 7) is 0.494. The number of benzene rings is 2. The normalized spacial score (nSPS) is 11.0. The number of rotatable bonds is 4. The highest BCUT2D eigenvalue weighted by molar-refractivity contribution is 7.13. The lowest BCUT2D eigenvalue weighted by molar-refractivity contribution is 0.0953. The van der Waals surface area contributed by atoms with Crippen LogP contribution in [0.25, 0.3) is 21.1 Å². The van der Waals surface area contributed by atoms with Crippen LogP contribution in [0.4, 0.5) is 0 Å². The molecule has 0 bridgehead atoms. The minimum atomic E-state index is -0.238. The van der Waals surface area contributed by atoms with Crippen LogP contribution in [0.2, 0.25) is 0 Å². The predicted molar refractivity (Wildman–Crippen MR) is 93.5 cm³/mol. The van der Waals surface area contributed by atoms with Gasteiger partial charge in [-0.05, 0) is 35.8 Å². The molecule has 1 amide bonds. The molecule has 4 rings (SSSR count). The van der Waals surface area contributed by atoms with Gasteiger partial charge in [0, 0.05) is 6.54 Å². The van der Waals surface area contributed by atoms with Gasteiger partial charge in [0.2, 0.25) is 0 Å². The molecule has 0 radical (unpaired) electrons. The largest absolute Gasteiger partial charge is 0.350 e. The molecule has 1 N–H and O–H groups in total. The number of carbonyl (C=O) groups excluding carboxylic acids is 1. The zero-order chi connectivity index (χ0) is 17.2. The molecule has 0 saturated carbocycles. The molecule has 0 unspecified atom stereocenters. The second-order valence-electron chi connectivity index (χ2n) is 5.32. The number of carbonyl (C=O) groups is 1. The van der Waals surface area contributed by atoms with Crippen molar-refractivity contribution in [1.29, 1.82) is 0 Å². The predicted octanol–water partition coefficient (Wildman–Crippen LogP) is 1.23. The Labute approximate surface area is 145 Å². The molecule has 2 aromatic heterocycles. The molecule has 25 heavy (non-hydrogen) atoms. The number of nitrogens with zero attached hydrogens (tertiary/aromatic N) is 5. The van der Waals surface area contributed by atoms with Crippen LogP contribution >= 0.6 is 11.5 Å². The molecule has 124 valence electrons. The number of aromatic nitrogens is 5. The third-order valence-corrected chi connectivity index (χ3v) is 4.53. The fraction of sp³-hybridized carbons (Fsp3) is 0.125.